The van der Waals surface area contributed by atoms with Gasteiger partial charge in [0.15, 0.2) is 11.5 Å². The van der Waals surface area contributed by atoms with E-state index in [2.05, 4.69) is 59.8 Å². The number of phenolic OH excluding ortho intramolecular Hbond substituents is 1. The third kappa shape index (κ3) is 6.22. The number of phenols is 1. The Morgan fingerprint density at radius 3 is 2.58 bits per heavy atom. The van der Waals surface area contributed by atoms with Crippen molar-refractivity contribution in [1.29, 1.82) is 0 Å². The van der Waals surface area contributed by atoms with Crippen molar-refractivity contribution in [3.05, 3.63) is 53.6 Å². The highest BCUT2D eigenvalue weighted by Gasteiger charge is 2.59. The van der Waals surface area contributed by atoms with Crippen LogP contribution in [0.1, 0.15) is 105 Å². The van der Waals surface area contributed by atoms with E-state index in [9.17, 15) is 9.90 Å². The monoisotopic (exact) mass is 588 g/mol. The Kier molecular flexibility index (Phi) is 9.54. The first-order valence-corrected chi connectivity index (χ1v) is 17.1. The van der Waals surface area contributed by atoms with Gasteiger partial charge in [-0.25, -0.2) is 4.79 Å². The van der Waals surface area contributed by atoms with E-state index in [1.54, 1.807) is 29.8 Å². The molecule has 0 spiro atoms. The van der Waals surface area contributed by atoms with Crippen LogP contribution >= 0.6 is 0 Å². The maximum Gasteiger partial charge on any atom is 0.331 e. The lowest BCUT2D eigenvalue weighted by Gasteiger charge is -2.58. The largest absolute Gasteiger partial charge is 0.504 e. The topological polar surface area (TPSA) is 55.8 Å². The molecule has 5 rings (SSSR count). The number of esters is 1. The summed E-state index contributed by atoms with van der Waals surface area (Å²) in [4.78, 5) is 12.7. The molecular formula is C39H56O4. The number of methoxy groups -OCH3 is 1. The molecule has 236 valence electrons. The fraction of sp³-hybridized carbons (Fsp3) is 0.667. The standard InChI is InChI=1S/C39H56O4/c1-8-28(25(2)3)12-9-26(4)32-15-16-33-31-14-13-29-24-30(19-21-38(29,5)34(31)20-22-39(32,33)6)43-37(41)18-11-27-10-17-35(40)36(23-27)42-7/h9-13,17-18,23,25-26,28,30-34,40H,8,14-16,19-22,24H2,1-7H3/b12-9+,18-11+. The lowest BCUT2D eigenvalue weighted by molar-refractivity contribution is -0.145. The average molecular weight is 589 g/mol. The number of benzene rings is 1. The van der Waals surface area contributed by atoms with Gasteiger partial charge in [0.25, 0.3) is 0 Å². The van der Waals surface area contributed by atoms with Crippen LogP contribution in [0, 0.1) is 52.3 Å². The van der Waals surface area contributed by atoms with E-state index < -0.39 is 0 Å². The van der Waals surface area contributed by atoms with Gasteiger partial charge >= 0.3 is 5.97 Å². The van der Waals surface area contributed by atoms with Crippen molar-refractivity contribution in [2.24, 2.45) is 52.3 Å². The molecule has 0 amide bonds. The van der Waals surface area contributed by atoms with Crippen LogP contribution < -0.4 is 4.74 Å². The minimum atomic E-state index is -0.304. The van der Waals surface area contributed by atoms with Gasteiger partial charge in [-0.1, -0.05) is 71.4 Å². The van der Waals surface area contributed by atoms with Gasteiger partial charge in [0.1, 0.15) is 6.10 Å². The quantitative estimate of drug-likeness (QED) is 0.177. The first-order chi connectivity index (χ1) is 20.5. The van der Waals surface area contributed by atoms with Crippen molar-refractivity contribution in [3.8, 4) is 11.5 Å². The van der Waals surface area contributed by atoms with Gasteiger partial charge < -0.3 is 14.6 Å². The molecule has 1 N–H and O–H groups in total. The van der Waals surface area contributed by atoms with E-state index in [4.69, 9.17) is 9.47 Å². The molecule has 9 unspecified atom stereocenters. The second-order valence-corrected chi connectivity index (χ2v) is 15.1. The van der Waals surface area contributed by atoms with Gasteiger partial charge in [0.05, 0.1) is 7.11 Å². The molecule has 4 aliphatic carbocycles. The number of ether oxygens (including phenoxy) is 2. The highest BCUT2D eigenvalue weighted by Crippen LogP contribution is 2.67. The smallest absolute Gasteiger partial charge is 0.331 e. The maximum atomic E-state index is 12.7. The summed E-state index contributed by atoms with van der Waals surface area (Å²) in [6.07, 6.45) is 21.6. The molecule has 0 saturated heterocycles. The molecule has 9 atom stereocenters. The number of fused-ring (bicyclic) bond motifs is 5. The van der Waals surface area contributed by atoms with Crippen molar-refractivity contribution in [1.82, 2.24) is 0 Å². The molecule has 43 heavy (non-hydrogen) atoms. The van der Waals surface area contributed by atoms with Crippen molar-refractivity contribution in [3.63, 3.8) is 0 Å². The van der Waals surface area contributed by atoms with Crippen LogP contribution in [-0.2, 0) is 9.53 Å². The van der Waals surface area contributed by atoms with Crippen molar-refractivity contribution in [2.75, 3.05) is 7.11 Å². The number of carbonyl (C=O) groups is 1. The van der Waals surface area contributed by atoms with Gasteiger partial charge in [-0.05, 0) is 127 Å². The van der Waals surface area contributed by atoms with Gasteiger partial charge in [0, 0.05) is 12.5 Å². The van der Waals surface area contributed by atoms with Crippen molar-refractivity contribution < 1.29 is 19.4 Å². The first kappa shape index (κ1) is 31.9. The van der Waals surface area contributed by atoms with Crippen LogP contribution in [0.15, 0.2) is 48.1 Å². The Bertz CT molecular complexity index is 1240. The molecule has 1 aromatic carbocycles. The molecule has 0 bridgehead atoms. The Hall–Kier alpha value is -2.49. The lowest BCUT2D eigenvalue weighted by Crippen LogP contribution is -2.51. The Morgan fingerprint density at radius 1 is 1.07 bits per heavy atom. The molecule has 1 aromatic rings. The van der Waals surface area contributed by atoms with Crippen molar-refractivity contribution >= 4 is 12.0 Å². The molecule has 0 aliphatic heterocycles. The zero-order chi connectivity index (χ0) is 30.9. The van der Waals surface area contributed by atoms with Gasteiger partial charge in [-0.15, -0.1) is 0 Å². The molecule has 0 aromatic heterocycles. The summed E-state index contributed by atoms with van der Waals surface area (Å²) >= 11 is 0. The highest BCUT2D eigenvalue weighted by atomic mass is 16.5. The lowest BCUT2D eigenvalue weighted by atomic mass is 9.47. The van der Waals surface area contributed by atoms with E-state index in [-0.39, 0.29) is 23.2 Å². The SMILES string of the molecule is CCC(/C=C/C(C)C1CCC2C3CC=C4CC(OC(=O)/C=C/c5ccc(O)c(OC)c5)CCC4(C)C3CCC12C)C(C)C. The molecule has 3 fully saturated rings. The minimum Gasteiger partial charge on any atom is -0.504 e. The Balaban J connectivity index is 1.22. The molecule has 4 heteroatoms. The zero-order valence-corrected chi connectivity index (χ0v) is 27.8. The minimum absolute atomic E-state index is 0.0579. The molecule has 4 aliphatic rings. The Labute approximate surface area is 261 Å². The first-order valence-electron chi connectivity index (χ1n) is 17.1. The third-order valence-electron chi connectivity index (χ3n) is 12.7. The number of hydrogen-bond donors (Lipinski definition) is 1. The van der Waals surface area contributed by atoms with E-state index in [1.165, 1.54) is 51.7 Å². The van der Waals surface area contributed by atoms with Crippen LogP contribution in [0.5, 0.6) is 11.5 Å². The number of hydrogen-bond acceptors (Lipinski definition) is 4. The summed E-state index contributed by atoms with van der Waals surface area (Å²) in [7, 11) is 1.52. The number of rotatable bonds is 9. The fourth-order valence-corrected chi connectivity index (χ4v) is 10.1. The number of carbonyl (C=O) groups excluding carboxylic acids is 1. The third-order valence-corrected chi connectivity index (χ3v) is 12.7. The summed E-state index contributed by atoms with van der Waals surface area (Å²) in [5.74, 6) is 5.39. The summed E-state index contributed by atoms with van der Waals surface area (Å²) in [6, 6.07) is 5.04. The molecular weight excluding hydrogens is 532 g/mol. The predicted octanol–water partition coefficient (Wildman–Crippen LogP) is 9.78. The zero-order valence-electron chi connectivity index (χ0n) is 27.8. The molecule has 4 nitrogen and oxygen atoms in total. The molecule has 0 radical (unpaired) electrons. The van der Waals surface area contributed by atoms with Crippen LogP contribution in [0.2, 0.25) is 0 Å². The second kappa shape index (κ2) is 12.9. The van der Waals surface area contributed by atoms with Gasteiger partial charge in [-0.3, -0.25) is 0 Å². The van der Waals surface area contributed by atoms with E-state index in [1.807, 2.05) is 0 Å². The summed E-state index contributed by atoms with van der Waals surface area (Å²) in [5, 5.41) is 9.82. The van der Waals surface area contributed by atoms with Crippen LogP contribution in [0.25, 0.3) is 6.08 Å². The van der Waals surface area contributed by atoms with E-state index in [0.717, 1.165) is 48.5 Å². The fourth-order valence-electron chi connectivity index (χ4n) is 10.1. The van der Waals surface area contributed by atoms with E-state index >= 15 is 0 Å². The van der Waals surface area contributed by atoms with Crippen LogP contribution in [-0.4, -0.2) is 24.3 Å². The predicted molar refractivity (Wildman–Crippen MR) is 176 cm³/mol. The summed E-state index contributed by atoms with van der Waals surface area (Å²) in [5.41, 5.74) is 3.01. The van der Waals surface area contributed by atoms with E-state index in [0.29, 0.717) is 28.9 Å². The number of aromatic hydroxyl groups is 1. The molecule has 0 heterocycles. The molecule has 3 saturated carbocycles. The number of allylic oxidation sites excluding steroid dienone is 3. The second-order valence-electron chi connectivity index (χ2n) is 15.1. The van der Waals surface area contributed by atoms with Crippen LogP contribution in [0.3, 0.4) is 0 Å². The highest BCUT2D eigenvalue weighted by molar-refractivity contribution is 5.87. The summed E-state index contributed by atoms with van der Waals surface area (Å²) < 4.78 is 11.1. The normalized spacial score (nSPS) is 35.3. The maximum absolute atomic E-state index is 12.7. The average Bonchev–Trinajstić information content (AvgIpc) is 3.34. The van der Waals surface area contributed by atoms with Crippen LogP contribution in [0.4, 0.5) is 0 Å². The van der Waals surface area contributed by atoms with Gasteiger partial charge in [-0.2, -0.15) is 0 Å². The van der Waals surface area contributed by atoms with Crippen molar-refractivity contribution in [2.45, 2.75) is 105 Å². The summed E-state index contributed by atoms with van der Waals surface area (Å²) in [6.45, 7) is 14.7. The van der Waals surface area contributed by atoms with Gasteiger partial charge in [0.2, 0.25) is 0 Å². The Morgan fingerprint density at radius 2 is 1.86 bits per heavy atom.